The van der Waals surface area contributed by atoms with Crippen LogP contribution < -0.4 is 5.32 Å². The molecule has 190 valence electrons. The number of hydrogen-bond acceptors (Lipinski definition) is 6. The van der Waals surface area contributed by atoms with Crippen molar-refractivity contribution in [2.75, 3.05) is 45.8 Å². The van der Waals surface area contributed by atoms with Crippen molar-refractivity contribution >= 4 is 0 Å². The molecule has 0 bridgehead atoms. The van der Waals surface area contributed by atoms with Crippen molar-refractivity contribution in [1.29, 1.82) is 0 Å². The molecule has 2 saturated heterocycles. The van der Waals surface area contributed by atoms with Crippen molar-refractivity contribution < 1.29 is 10.2 Å². The molecule has 0 radical (unpaired) electrons. The van der Waals surface area contributed by atoms with E-state index in [9.17, 15) is 10.2 Å². The lowest BCUT2D eigenvalue weighted by atomic mass is 9.97. The Morgan fingerprint density at radius 2 is 1.54 bits per heavy atom. The molecule has 3 aliphatic heterocycles. The maximum atomic E-state index is 10.4. The van der Waals surface area contributed by atoms with Crippen molar-refractivity contribution in [2.24, 2.45) is 5.92 Å². The molecule has 2 aromatic rings. The third-order valence-corrected chi connectivity index (χ3v) is 8.15. The average Bonchev–Trinajstić information content (AvgIpc) is 3.24. The van der Waals surface area contributed by atoms with Crippen LogP contribution in [-0.2, 0) is 26.2 Å². The molecule has 0 aliphatic carbocycles. The van der Waals surface area contributed by atoms with Crippen LogP contribution in [0.3, 0.4) is 0 Å². The van der Waals surface area contributed by atoms with Crippen LogP contribution >= 0.6 is 0 Å². The fraction of sp³-hybridized carbons (Fsp3) is 0.586. The van der Waals surface area contributed by atoms with Crippen LogP contribution in [0.2, 0.25) is 0 Å². The number of rotatable bonds is 7. The van der Waals surface area contributed by atoms with Crippen molar-refractivity contribution in [1.82, 2.24) is 20.0 Å². The number of benzene rings is 2. The minimum Gasteiger partial charge on any atom is -0.508 e. The molecule has 3 N–H and O–H groups in total. The number of piperazine rings is 1. The van der Waals surface area contributed by atoms with Crippen LogP contribution in [-0.4, -0.2) is 70.7 Å². The standard InChI is InChI=1S/C29H42N4O2/c1-21(2)27-14-26(28(34)15-29(27)35)20-33-18-24-4-3-23(13-25(24)19-33)17-32-11-9-31(10-12-32)16-22-5-7-30-8-6-22/h3-4,13-15,21-22,30,34-35H,5-12,16-20H2,1-2H3. The van der Waals surface area contributed by atoms with E-state index in [1.807, 2.05) is 6.07 Å². The second-order valence-corrected chi connectivity index (χ2v) is 11.2. The summed E-state index contributed by atoms with van der Waals surface area (Å²) in [5.74, 6) is 1.47. The van der Waals surface area contributed by atoms with Gasteiger partial charge in [-0.15, -0.1) is 0 Å². The number of fused-ring (bicyclic) bond motifs is 1. The summed E-state index contributed by atoms with van der Waals surface area (Å²) in [6.45, 7) is 16.0. The van der Waals surface area contributed by atoms with E-state index in [0.29, 0.717) is 6.54 Å². The number of nitrogens with one attached hydrogen (secondary N) is 1. The predicted molar refractivity (Wildman–Crippen MR) is 141 cm³/mol. The van der Waals surface area contributed by atoms with Crippen LogP contribution in [0.4, 0.5) is 0 Å². The first-order valence-electron chi connectivity index (χ1n) is 13.5. The van der Waals surface area contributed by atoms with Gasteiger partial charge in [0.1, 0.15) is 11.5 Å². The summed E-state index contributed by atoms with van der Waals surface area (Å²) in [5.41, 5.74) is 6.00. The molecule has 0 aromatic heterocycles. The smallest absolute Gasteiger partial charge is 0.123 e. The molecule has 6 nitrogen and oxygen atoms in total. The Morgan fingerprint density at radius 1 is 0.829 bits per heavy atom. The van der Waals surface area contributed by atoms with E-state index in [4.69, 9.17) is 0 Å². The van der Waals surface area contributed by atoms with E-state index < -0.39 is 0 Å². The third kappa shape index (κ3) is 6.00. The zero-order chi connectivity index (χ0) is 24.4. The Kier molecular flexibility index (Phi) is 7.63. The first-order chi connectivity index (χ1) is 16.9. The molecule has 0 atom stereocenters. The van der Waals surface area contributed by atoms with Gasteiger partial charge in [-0.1, -0.05) is 32.0 Å². The first kappa shape index (κ1) is 24.6. The molecule has 2 aromatic carbocycles. The van der Waals surface area contributed by atoms with Crippen molar-refractivity contribution in [3.05, 3.63) is 58.1 Å². The second-order valence-electron chi connectivity index (χ2n) is 11.2. The van der Waals surface area contributed by atoms with Gasteiger partial charge in [-0.3, -0.25) is 9.80 Å². The van der Waals surface area contributed by atoms with E-state index in [1.54, 1.807) is 0 Å². The highest BCUT2D eigenvalue weighted by Crippen LogP contribution is 2.34. The average molecular weight is 479 g/mol. The quantitative estimate of drug-likeness (QED) is 0.562. The summed E-state index contributed by atoms with van der Waals surface area (Å²) >= 11 is 0. The Labute approximate surface area is 210 Å². The van der Waals surface area contributed by atoms with E-state index in [1.165, 1.54) is 68.3 Å². The Balaban J connectivity index is 1.14. The van der Waals surface area contributed by atoms with Gasteiger partial charge >= 0.3 is 0 Å². The minimum atomic E-state index is 0.183. The van der Waals surface area contributed by atoms with Gasteiger partial charge in [0.05, 0.1) is 0 Å². The van der Waals surface area contributed by atoms with E-state index in [2.05, 4.69) is 52.1 Å². The zero-order valence-corrected chi connectivity index (χ0v) is 21.5. The summed E-state index contributed by atoms with van der Waals surface area (Å²) in [4.78, 5) is 7.66. The second kappa shape index (κ2) is 10.9. The van der Waals surface area contributed by atoms with Crippen molar-refractivity contribution in [3.63, 3.8) is 0 Å². The van der Waals surface area contributed by atoms with Gasteiger partial charge in [-0.2, -0.15) is 0 Å². The SMILES string of the molecule is CC(C)c1cc(CN2Cc3ccc(CN4CCN(CC5CCNCC5)CC4)cc3C2)c(O)cc1O. The maximum Gasteiger partial charge on any atom is 0.123 e. The van der Waals surface area contributed by atoms with Crippen molar-refractivity contribution in [3.8, 4) is 11.5 Å². The van der Waals surface area contributed by atoms with Gasteiger partial charge in [0, 0.05) is 70.5 Å². The largest absolute Gasteiger partial charge is 0.508 e. The Morgan fingerprint density at radius 3 is 2.29 bits per heavy atom. The van der Waals surface area contributed by atoms with Gasteiger partial charge < -0.3 is 20.4 Å². The normalized spacial score (nSPS) is 20.5. The fourth-order valence-corrected chi connectivity index (χ4v) is 6.02. The Hall–Kier alpha value is -2.12. The molecule has 2 fully saturated rings. The topological polar surface area (TPSA) is 62.2 Å². The molecular formula is C29H42N4O2. The molecule has 0 unspecified atom stereocenters. The number of phenols is 2. The summed E-state index contributed by atoms with van der Waals surface area (Å²) in [6.07, 6.45) is 2.66. The molecule has 0 amide bonds. The van der Waals surface area contributed by atoms with E-state index in [-0.39, 0.29) is 17.4 Å². The van der Waals surface area contributed by atoms with Gasteiger partial charge in [0.15, 0.2) is 0 Å². The summed E-state index contributed by atoms with van der Waals surface area (Å²) < 4.78 is 0. The number of aromatic hydroxyl groups is 2. The number of nitrogens with zero attached hydrogens (tertiary/aromatic N) is 3. The zero-order valence-electron chi connectivity index (χ0n) is 21.5. The van der Waals surface area contributed by atoms with Crippen LogP contribution in [0.25, 0.3) is 0 Å². The monoisotopic (exact) mass is 478 g/mol. The van der Waals surface area contributed by atoms with Crippen LogP contribution in [0, 0.1) is 5.92 Å². The number of phenolic OH excluding ortho intramolecular Hbond substituents is 2. The highest BCUT2D eigenvalue weighted by Gasteiger charge is 2.24. The first-order valence-corrected chi connectivity index (χ1v) is 13.5. The van der Waals surface area contributed by atoms with Crippen molar-refractivity contribution in [2.45, 2.75) is 58.8 Å². The molecule has 3 heterocycles. The minimum absolute atomic E-state index is 0.183. The fourth-order valence-electron chi connectivity index (χ4n) is 6.02. The van der Waals surface area contributed by atoms with Crippen LogP contribution in [0.1, 0.15) is 60.4 Å². The maximum absolute atomic E-state index is 10.4. The highest BCUT2D eigenvalue weighted by molar-refractivity contribution is 5.46. The highest BCUT2D eigenvalue weighted by atomic mass is 16.3. The summed E-state index contributed by atoms with van der Waals surface area (Å²) in [5, 5.41) is 24.1. The lowest BCUT2D eigenvalue weighted by molar-refractivity contribution is 0.107. The van der Waals surface area contributed by atoms with Crippen LogP contribution in [0.5, 0.6) is 11.5 Å². The van der Waals surface area contributed by atoms with Crippen LogP contribution in [0.15, 0.2) is 30.3 Å². The lowest BCUT2D eigenvalue weighted by Gasteiger charge is -2.37. The summed E-state index contributed by atoms with van der Waals surface area (Å²) in [7, 11) is 0. The molecule has 35 heavy (non-hydrogen) atoms. The summed E-state index contributed by atoms with van der Waals surface area (Å²) in [6, 6.07) is 10.5. The Bertz CT molecular complexity index is 1010. The number of piperidine rings is 1. The third-order valence-electron chi connectivity index (χ3n) is 8.15. The lowest BCUT2D eigenvalue weighted by Crippen LogP contribution is -2.48. The molecule has 0 saturated carbocycles. The van der Waals surface area contributed by atoms with E-state index in [0.717, 1.165) is 49.8 Å². The van der Waals surface area contributed by atoms with Gasteiger partial charge in [0.25, 0.3) is 0 Å². The van der Waals surface area contributed by atoms with E-state index >= 15 is 0 Å². The molecule has 5 rings (SSSR count). The van der Waals surface area contributed by atoms with Gasteiger partial charge in [-0.05, 0) is 66.1 Å². The van der Waals surface area contributed by atoms with Gasteiger partial charge in [-0.25, -0.2) is 0 Å². The molecule has 0 spiro atoms. The predicted octanol–water partition coefficient (Wildman–Crippen LogP) is 3.85. The van der Waals surface area contributed by atoms with Gasteiger partial charge in [0.2, 0.25) is 0 Å². The molecular weight excluding hydrogens is 436 g/mol. The number of hydrogen-bond donors (Lipinski definition) is 3. The molecule has 3 aliphatic rings. The molecule has 6 heteroatoms.